The molecule has 6 aliphatic rings. The molecular weight excluding hydrogens is 312 g/mol. The number of hydrogen-bond donors (Lipinski definition) is 0. The van der Waals surface area contributed by atoms with E-state index in [0.717, 1.165) is 29.6 Å². The second-order valence-corrected chi connectivity index (χ2v) is 10.8. The first-order chi connectivity index (χ1) is 11.8. The molecule has 0 aromatic carbocycles. The van der Waals surface area contributed by atoms with Gasteiger partial charge in [-0.15, -0.1) is 0 Å². The van der Waals surface area contributed by atoms with Crippen molar-refractivity contribution in [1.82, 2.24) is 0 Å². The highest BCUT2D eigenvalue weighted by Gasteiger charge is 2.74. The van der Waals surface area contributed by atoms with Crippen LogP contribution in [0.2, 0.25) is 0 Å². The van der Waals surface area contributed by atoms with Crippen LogP contribution in [0.5, 0.6) is 0 Å². The Labute approximate surface area is 150 Å². The van der Waals surface area contributed by atoms with E-state index in [0.29, 0.717) is 35.9 Å². The van der Waals surface area contributed by atoms with Crippen LogP contribution in [0.1, 0.15) is 40.5 Å². The van der Waals surface area contributed by atoms with Crippen LogP contribution in [0.15, 0.2) is 12.2 Å². The zero-order valence-corrected chi connectivity index (χ0v) is 15.7. The summed E-state index contributed by atoms with van der Waals surface area (Å²) >= 11 is 0. The maximum Gasteiger partial charge on any atom is 0.310 e. The molecule has 0 aromatic rings. The molecule has 12 unspecified atom stereocenters. The van der Waals surface area contributed by atoms with Crippen LogP contribution >= 0.6 is 0 Å². The van der Waals surface area contributed by atoms with Gasteiger partial charge in [0.2, 0.25) is 0 Å². The van der Waals surface area contributed by atoms with E-state index in [1.54, 1.807) is 0 Å². The Kier molecular flexibility index (Phi) is 2.76. The summed E-state index contributed by atoms with van der Waals surface area (Å²) in [7, 11) is 0. The van der Waals surface area contributed by atoms with Gasteiger partial charge in [0.1, 0.15) is 5.60 Å². The summed E-state index contributed by atoms with van der Waals surface area (Å²) in [4.78, 5) is 12.9. The van der Waals surface area contributed by atoms with Crippen molar-refractivity contribution in [1.29, 1.82) is 0 Å². The van der Waals surface area contributed by atoms with Crippen LogP contribution in [0.3, 0.4) is 0 Å². The van der Waals surface area contributed by atoms with E-state index in [4.69, 9.17) is 9.47 Å². The average Bonchev–Trinajstić information content (AvgIpc) is 3.30. The standard InChI is InChI=1S/C22H30O3/c1-9-12-8-13(14(9)21(23)25-22(2,3)4)18-17(12)19-15-10-5-6-11(7-10)16(15)20(18)24-19/h5-6,9-20H,7-8H2,1-4H3. The van der Waals surface area contributed by atoms with Gasteiger partial charge in [-0.2, -0.15) is 0 Å². The zero-order chi connectivity index (χ0) is 17.2. The van der Waals surface area contributed by atoms with Crippen molar-refractivity contribution in [2.75, 3.05) is 0 Å². The van der Waals surface area contributed by atoms with E-state index in [2.05, 4.69) is 19.1 Å². The Balaban J connectivity index is 1.31. The molecule has 0 aromatic heterocycles. The molecule has 2 saturated heterocycles. The Morgan fingerprint density at radius 2 is 1.56 bits per heavy atom. The number of carbonyl (C=O) groups excluding carboxylic acids is 1. The predicted octanol–water partition coefficient (Wildman–Crippen LogP) is 3.68. The molecule has 5 fully saturated rings. The van der Waals surface area contributed by atoms with Crippen molar-refractivity contribution in [3.05, 3.63) is 12.2 Å². The Morgan fingerprint density at radius 1 is 0.960 bits per heavy atom. The number of rotatable bonds is 1. The summed E-state index contributed by atoms with van der Waals surface area (Å²) in [6.07, 6.45) is 8.45. The SMILES string of the molecule is CC1C2CC(C1C(=O)OC(C)(C)C)C1C3OC(C4C5C=CC(C5)C34)C21. The molecule has 4 aliphatic carbocycles. The molecule has 0 spiro atoms. The molecule has 2 aliphatic heterocycles. The van der Waals surface area contributed by atoms with Crippen molar-refractivity contribution < 1.29 is 14.3 Å². The third-order valence-electron chi connectivity index (χ3n) is 8.77. The van der Waals surface area contributed by atoms with Gasteiger partial charge in [-0.1, -0.05) is 19.1 Å². The molecule has 6 bridgehead atoms. The van der Waals surface area contributed by atoms with Gasteiger partial charge in [-0.25, -0.2) is 0 Å². The van der Waals surface area contributed by atoms with Crippen molar-refractivity contribution in [2.24, 2.45) is 59.2 Å². The van der Waals surface area contributed by atoms with E-state index in [1.165, 1.54) is 12.8 Å². The molecule has 12 atom stereocenters. The lowest BCUT2D eigenvalue weighted by atomic mass is 9.57. The molecule has 3 nitrogen and oxygen atoms in total. The van der Waals surface area contributed by atoms with E-state index < -0.39 is 0 Å². The first-order valence-corrected chi connectivity index (χ1v) is 10.4. The van der Waals surface area contributed by atoms with E-state index in [1.807, 2.05) is 20.8 Å². The van der Waals surface area contributed by atoms with Gasteiger partial charge >= 0.3 is 5.97 Å². The summed E-state index contributed by atoms with van der Waals surface area (Å²) in [5.41, 5.74) is -0.385. The van der Waals surface area contributed by atoms with Gasteiger partial charge in [0.25, 0.3) is 0 Å². The van der Waals surface area contributed by atoms with Crippen LogP contribution in [0, 0.1) is 59.2 Å². The second kappa shape index (κ2) is 4.52. The summed E-state index contributed by atoms with van der Waals surface area (Å²) in [6.45, 7) is 8.26. The second-order valence-electron chi connectivity index (χ2n) is 10.8. The lowest BCUT2D eigenvalue weighted by Crippen LogP contribution is -2.49. The summed E-state index contributed by atoms with van der Waals surface area (Å²) in [5.74, 6) is 6.18. The minimum Gasteiger partial charge on any atom is -0.460 e. The van der Waals surface area contributed by atoms with Crippen molar-refractivity contribution in [3.63, 3.8) is 0 Å². The number of ether oxygens (including phenoxy) is 2. The quantitative estimate of drug-likeness (QED) is 0.539. The average molecular weight is 342 g/mol. The molecule has 3 heteroatoms. The number of esters is 1. The van der Waals surface area contributed by atoms with E-state index in [-0.39, 0.29) is 17.5 Å². The first-order valence-electron chi connectivity index (χ1n) is 10.4. The van der Waals surface area contributed by atoms with Crippen molar-refractivity contribution >= 4 is 5.97 Å². The van der Waals surface area contributed by atoms with Gasteiger partial charge in [0.15, 0.2) is 0 Å². The fraction of sp³-hybridized carbons (Fsp3) is 0.864. The first kappa shape index (κ1) is 15.2. The molecule has 6 rings (SSSR count). The molecule has 136 valence electrons. The number of allylic oxidation sites excluding steroid dienone is 2. The predicted molar refractivity (Wildman–Crippen MR) is 93.5 cm³/mol. The maximum absolute atomic E-state index is 12.9. The minimum atomic E-state index is -0.385. The van der Waals surface area contributed by atoms with Crippen LogP contribution in [0.4, 0.5) is 0 Å². The number of hydrogen-bond acceptors (Lipinski definition) is 3. The molecule has 0 N–H and O–H groups in total. The highest BCUT2D eigenvalue weighted by atomic mass is 16.6. The Bertz CT molecular complexity index is 661. The number of carbonyl (C=O) groups is 1. The highest BCUT2D eigenvalue weighted by molar-refractivity contribution is 5.74. The van der Waals surface area contributed by atoms with E-state index >= 15 is 0 Å². The molecular formula is C22H30O3. The third kappa shape index (κ3) is 1.74. The largest absolute Gasteiger partial charge is 0.460 e. The Morgan fingerprint density at radius 3 is 2.16 bits per heavy atom. The molecule has 2 heterocycles. The van der Waals surface area contributed by atoms with Gasteiger partial charge in [0, 0.05) is 0 Å². The minimum absolute atomic E-state index is 0.0538. The zero-order valence-electron chi connectivity index (χ0n) is 15.7. The summed E-state index contributed by atoms with van der Waals surface area (Å²) in [6, 6.07) is 0. The maximum atomic E-state index is 12.9. The van der Waals surface area contributed by atoms with Crippen LogP contribution in [0.25, 0.3) is 0 Å². The van der Waals surface area contributed by atoms with Crippen LogP contribution in [-0.4, -0.2) is 23.8 Å². The van der Waals surface area contributed by atoms with Gasteiger partial charge in [-0.05, 0) is 86.9 Å². The van der Waals surface area contributed by atoms with Gasteiger partial charge in [0.05, 0.1) is 18.1 Å². The van der Waals surface area contributed by atoms with E-state index in [9.17, 15) is 4.79 Å². The number of fused-ring (bicyclic) bond motifs is 16. The van der Waals surface area contributed by atoms with Gasteiger partial charge < -0.3 is 9.47 Å². The monoisotopic (exact) mass is 342 g/mol. The summed E-state index contributed by atoms with van der Waals surface area (Å²) < 4.78 is 12.5. The highest BCUT2D eigenvalue weighted by Crippen LogP contribution is 2.72. The van der Waals surface area contributed by atoms with Crippen molar-refractivity contribution in [2.45, 2.75) is 58.3 Å². The third-order valence-corrected chi connectivity index (χ3v) is 8.77. The van der Waals surface area contributed by atoms with Crippen molar-refractivity contribution in [3.8, 4) is 0 Å². The topological polar surface area (TPSA) is 35.5 Å². The lowest BCUT2D eigenvalue weighted by Gasteiger charge is -2.45. The van der Waals surface area contributed by atoms with Crippen LogP contribution in [-0.2, 0) is 14.3 Å². The fourth-order valence-electron chi connectivity index (χ4n) is 8.37. The molecule has 3 saturated carbocycles. The van der Waals surface area contributed by atoms with Gasteiger partial charge in [-0.3, -0.25) is 4.79 Å². The molecule has 0 amide bonds. The normalized spacial score (nSPS) is 59.5. The Hall–Kier alpha value is -0.830. The fourth-order valence-corrected chi connectivity index (χ4v) is 8.37. The molecule has 0 radical (unpaired) electrons. The lowest BCUT2D eigenvalue weighted by molar-refractivity contribution is -0.166. The summed E-state index contributed by atoms with van der Waals surface area (Å²) in [5, 5.41) is 0. The smallest absolute Gasteiger partial charge is 0.310 e. The molecule has 25 heavy (non-hydrogen) atoms. The van der Waals surface area contributed by atoms with Crippen LogP contribution < -0.4 is 0 Å².